The molecule has 0 atom stereocenters. The molecule has 0 heterocycles. The van der Waals surface area contributed by atoms with Crippen molar-refractivity contribution < 1.29 is 22.9 Å². The molecule has 0 unspecified atom stereocenters. The van der Waals surface area contributed by atoms with Gasteiger partial charge in [-0.25, -0.2) is 4.79 Å². The van der Waals surface area contributed by atoms with E-state index in [1.807, 2.05) is 0 Å². The minimum absolute atomic E-state index is 0.112. The van der Waals surface area contributed by atoms with E-state index in [-0.39, 0.29) is 11.9 Å². The lowest BCUT2D eigenvalue weighted by Crippen LogP contribution is -2.29. The standard InChI is InChI=1S/C24H21F2O3P/c1-2-29-23(27)24(25,26)18-22(19-12-6-3-7-13-19)30(28,20-14-8-4-9-15-20)21-16-10-5-11-17-21/h3-18H,2H2,1H3/b22-18+. The van der Waals surface area contributed by atoms with Crippen LogP contribution in [0.2, 0.25) is 0 Å². The molecule has 3 nitrogen and oxygen atoms in total. The summed E-state index contributed by atoms with van der Waals surface area (Å²) in [5, 5.41) is 0.676. The number of halogens is 2. The van der Waals surface area contributed by atoms with Crippen LogP contribution in [0, 0.1) is 0 Å². The van der Waals surface area contributed by atoms with Gasteiger partial charge in [0.2, 0.25) is 0 Å². The van der Waals surface area contributed by atoms with Gasteiger partial charge in [0.05, 0.1) is 6.61 Å². The van der Waals surface area contributed by atoms with Crippen molar-refractivity contribution in [2.24, 2.45) is 0 Å². The number of rotatable bonds is 7. The number of esters is 1. The smallest absolute Gasteiger partial charge is 0.381 e. The first-order valence-corrected chi connectivity index (χ1v) is 11.2. The van der Waals surface area contributed by atoms with E-state index in [4.69, 9.17) is 0 Å². The molecule has 0 bridgehead atoms. The van der Waals surface area contributed by atoms with E-state index in [1.54, 1.807) is 91.0 Å². The van der Waals surface area contributed by atoms with Gasteiger partial charge < -0.3 is 9.30 Å². The molecule has 0 N–H and O–H groups in total. The Morgan fingerprint density at radius 3 is 1.73 bits per heavy atom. The molecule has 0 saturated carbocycles. The van der Waals surface area contributed by atoms with Crippen LogP contribution >= 0.6 is 7.14 Å². The number of ether oxygens (including phenoxy) is 1. The average molecular weight is 426 g/mol. The van der Waals surface area contributed by atoms with E-state index in [0.717, 1.165) is 0 Å². The van der Waals surface area contributed by atoms with Crippen LogP contribution in [0.25, 0.3) is 5.31 Å². The summed E-state index contributed by atoms with van der Waals surface area (Å²) in [6.07, 6.45) is 0.487. The van der Waals surface area contributed by atoms with Crippen LogP contribution in [0.15, 0.2) is 97.1 Å². The van der Waals surface area contributed by atoms with Crippen molar-refractivity contribution in [3.63, 3.8) is 0 Å². The van der Waals surface area contributed by atoms with Gasteiger partial charge in [-0.15, -0.1) is 0 Å². The Balaban J connectivity index is 2.33. The summed E-state index contributed by atoms with van der Waals surface area (Å²) in [6.45, 7) is 1.27. The summed E-state index contributed by atoms with van der Waals surface area (Å²) < 4.78 is 48.8. The maximum atomic E-state index is 14.8. The Bertz CT molecular complexity index is 1020. The zero-order valence-corrected chi connectivity index (χ0v) is 17.3. The van der Waals surface area contributed by atoms with Crippen molar-refractivity contribution in [3.05, 3.63) is 103 Å². The number of hydrogen-bond acceptors (Lipinski definition) is 3. The topological polar surface area (TPSA) is 43.4 Å². The number of benzene rings is 3. The van der Waals surface area contributed by atoms with Gasteiger partial charge in [0.25, 0.3) is 0 Å². The quantitative estimate of drug-likeness (QED) is 0.383. The third-order valence-electron chi connectivity index (χ3n) is 4.51. The second-order valence-electron chi connectivity index (χ2n) is 6.52. The molecular weight excluding hydrogens is 405 g/mol. The number of alkyl halides is 2. The lowest BCUT2D eigenvalue weighted by atomic mass is 10.2. The van der Waals surface area contributed by atoms with E-state index in [1.165, 1.54) is 6.92 Å². The van der Waals surface area contributed by atoms with Gasteiger partial charge in [-0.2, -0.15) is 8.78 Å². The predicted octanol–water partition coefficient (Wildman–Crippen LogP) is 5.24. The van der Waals surface area contributed by atoms with Crippen molar-refractivity contribution >= 4 is 29.0 Å². The van der Waals surface area contributed by atoms with E-state index >= 15 is 0 Å². The number of hydrogen-bond donors (Lipinski definition) is 0. The first-order valence-electron chi connectivity index (χ1n) is 9.44. The molecule has 0 aliphatic rings. The molecule has 0 aliphatic carbocycles. The molecule has 30 heavy (non-hydrogen) atoms. The second kappa shape index (κ2) is 9.19. The molecule has 3 aromatic carbocycles. The molecule has 0 saturated heterocycles. The summed E-state index contributed by atoms with van der Waals surface area (Å²) in [4.78, 5) is 11.9. The van der Waals surface area contributed by atoms with Gasteiger partial charge in [0.15, 0.2) is 7.14 Å². The molecule has 154 valence electrons. The predicted molar refractivity (Wildman–Crippen MR) is 116 cm³/mol. The molecule has 0 radical (unpaired) electrons. The largest absolute Gasteiger partial charge is 0.461 e. The fourth-order valence-corrected chi connectivity index (χ4v) is 6.02. The maximum Gasteiger partial charge on any atom is 0.381 e. The Morgan fingerprint density at radius 1 is 0.867 bits per heavy atom. The maximum absolute atomic E-state index is 14.8. The minimum atomic E-state index is -3.94. The summed E-state index contributed by atoms with van der Waals surface area (Å²) in [6, 6.07) is 25.2. The monoisotopic (exact) mass is 426 g/mol. The van der Waals surface area contributed by atoms with Gasteiger partial charge in [0, 0.05) is 22.0 Å². The lowest BCUT2D eigenvalue weighted by Gasteiger charge is -2.24. The van der Waals surface area contributed by atoms with Crippen molar-refractivity contribution in [1.82, 2.24) is 0 Å². The molecular formula is C24H21F2O3P. The molecule has 0 amide bonds. The van der Waals surface area contributed by atoms with Gasteiger partial charge in [-0.05, 0) is 12.5 Å². The Hall–Kier alpha value is -3.04. The third kappa shape index (κ3) is 4.42. The first kappa shape index (κ1) is 21.7. The Kier molecular flexibility index (Phi) is 6.63. The molecule has 0 aliphatic heterocycles. The Labute approximate surface area is 174 Å². The molecule has 0 aromatic heterocycles. The zero-order chi connectivity index (χ0) is 21.6. The molecule has 6 heteroatoms. The van der Waals surface area contributed by atoms with Crippen LogP contribution in [-0.2, 0) is 14.1 Å². The van der Waals surface area contributed by atoms with Gasteiger partial charge >= 0.3 is 11.9 Å². The summed E-state index contributed by atoms with van der Waals surface area (Å²) in [5.41, 5.74) is 0.345. The first-order chi connectivity index (χ1) is 14.4. The van der Waals surface area contributed by atoms with Gasteiger partial charge in [-0.1, -0.05) is 91.0 Å². The highest BCUT2D eigenvalue weighted by molar-refractivity contribution is 7.87. The van der Waals surface area contributed by atoms with Crippen molar-refractivity contribution in [3.8, 4) is 0 Å². The highest BCUT2D eigenvalue weighted by Crippen LogP contribution is 2.57. The highest BCUT2D eigenvalue weighted by atomic mass is 31.2. The summed E-state index contributed by atoms with van der Waals surface area (Å²) in [7, 11) is -3.74. The van der Waals surface area contributed by atoms with Crippen LogP contribution < -0.4 is 10.6 Å². The van der Waals surface area contributed by atoms with Crippen LogP contribution in [0.1, 0.15) is 12.5 Å². The fourth-order valence-electron chi connectivity index (χ4n) is 3.13. The number of carbonyl (C=O) groups is 1. The van der Waals surface area contributed by atoms with E-state index in [9.17, 15) is 18.1 Å². The normalized spacial score (nSPS) is 12.4. The SMILES string of the molecule is CCOC(=O)C(F)(F)/C=C(\c1ccccc1)P(=O)(c1ccccc1)c1ccccc1. The summed E-state index contributed by atoms with van der Waals surface area (Å²) >= 11 is 0. The molecule has 3 aromatic rings. The Morgan fingerprint density at radius 2 is 1.30 bits per heavy atom. The third-order valence-corrected chi connectivity index (χ3v) is 7.63. The van der Waals surface area contributed by atoms with Crippen molar-refractivity contribution in [1.29, 1.82) is 0 Å². The van der Waals surface area contributed by atoms with Gasteiger partial charge in [-0.3, -0.25) is 0 Å². The summed E-state index contributed by atoms with van der Waals surface area (Å²) in [5.74, 6) is -5.62. The van der Waals surface area contributed by atoms with E-state index < -0.39 is 19.0 Å². The van der Waals surface area contributed by atoms with Crippen LogP contribution in [0.4, 0.5) is 8.78 Å². The fraction of sp³-hybridized carbons (Fsp3) is 0.125. The minimum Gasteiger partial charge on any atom is -0.461 e. The van der Waals surface area contributed by atoms with E-state index in [0.29, 0.717) is 22.2 Å². The second-order valence-corrected chi connectivity index (χ2v) is 9.25. The molecule has 0 fully saturated rings. The zero-order valence-electron chi connectivity index (χ0n) is 16.4. The number of carbonyl (C=O) groups excluding carboxylic acids is 1. The lowest BCUT2D eigenvalue weighted by molar-refractivity contribution is -0.164. The molecule has 0 spiro atoms. The van der Waals surface area contributed by atoms with Crippen LogP contribution in [0.3, 0.4) is 0 Å². The van der Waals surface area contributed by atoms with Crippen molar-refractivity contribution in [2.75, 3.05) is 6.61 Å². The van der Waals surface area contributed by atoms with Crippen molar-refractivity contribution in [2.45, 2.75) is 12.8 Å². The van der Waals surface area contributed by atoms with Crippen LogP contribution in [0.5, 0.6) is 0 Å². The van der Waals surface area contributed by atoms with Gasteiger partial charge in [0.1, 0.15) is 0 Å². The van der Waals surface area contributed by atoms with E-state index in [2.05, 4.69) is 4.74 Å². The van der Waals surface area contributed by atoms with Crippen LogP contribution in [-0.4, -0.2) is 18.5 Å². The average Bonchev–Trinajstić information content (AvgIpc) is 2.79. The molecule has 3 rings (SSSR count). The highest BCUT2D eigenvalue weighted by Gasteiger charge is 2.42.